The van der Waals surface area contributed by atoms with E-state index in [-0.39, 0.29) is 23.7 Å². The van der Waals surface area contributed by atoms with Gasteiger partial charge in [-0.05, 0) is 57.2 Å². The third-order valence-electron chi connectivity index (χ3n) is 5.99. The summed E-state index contributed by atoms with van der Waals surface area (Å²) in [5.74, 6) is 0.266. The van der Waals surface area contributed by atoms with Gasteiger partial charge in [0.1, 0.15) is 5.78 Å². The van der Waals surface area contributed by atoms with Gasteiger partial charge in [-0.2, -0.15) is 0 Å². The summed E-state index contributed by atoms with van der Waals surface area (Å²) < 4.78 is 0. The van der Waals surface area contributed by atoms with Crippen LogP contribution in [0.1, 0.15) is 84.6 Å². The van der Waals surface area contributed by atoms with Crippen LogP contribution in [0.5, 0.6) is 0 Å². The first-order valence-corrected chi connectivity index (χ1v) is 9.94. The summed E-state index contributed by atoms with van der Waals surface area (Å²) in [5, 5.41) is 0. The minimum atomic E-state index is -0.0298. The molecular formula is C22H29NO3. The van der Waals surface area contributed by atoms with Gasteiger partial charge in [-0.1, -0.05) is 25.3 Å². The van der Waals surface area contributed by atoms with E-state index in [2.05, 4.69) is 0 Å². The highest BCUT2D eigenvalue weighted by Gasteiger charge is 2.37. The second-order valence-electron chi connectivity index (χ2n) is 7.82. The molecule has 1 saturated heterocycles. The van der Waals surface area contributed by atoms with Gasteiger partial charge in [0.05, 0.1) is 0 Å². The largest absolute Gasteiger partial charge is 0.335 e. The summed E-state index contributed by atoms with van der Waals surface area (Å²) in [6.45, 7) is 4.13. The van der Waals surface area contributed by atoms with Crippen LogP contribution in [0.2, 0.25) is 0 Å². The number of benzene rings is 1. The Morgan fingerprint density at radius 3 is 2.54 bits per heavy atom. The van der Waals surface area contributed by atoms with Crippen molar-refractivity contribution in [3.8, 4) is 0 Å². The average molecular weight is 355 g/mol. The van der Waals surface area contributed by atoms with Crippen LogP contribution in [0.15, 0.2) is 18.2 Å². The molecule has 1 amide bonds. The SMILES string of the molecule is CC(=O)c1cc(C(=O)N2CCCCCC2C2CCCCC2=O)ccc1C. The van der Waals surface area contributed by atoms with Crippen molar-refractivity contribution in [2.75, 3.05) is 6.54 Å². The first-order valence-electron chi connectivity index (χ1n) is 9.94. The normalized spacial score (nSPS) is 24.2. The number of likely N-dealkylation sites (tertiary alicyclic amines) is 1. The highest BCUT2D eigenvalue weighted by Crippen LogP contribution is 2.32. The van der Waals surface area contributed by atoms with E-state index in [0.29, 0.717) is 29.9 Å². The molecule has 1 aromatic carbocycles. The molecule has 4 nitrogen and oxygen atoms in total. The number of carbonyl (C=O) groups is 3. The minimum Gasteiger partial charge on any atom is -0.335 e. The van der Waals surface area contributed by atoms with Gasteiger partial charge in [0, 0.05) is 36.1 Å². The fourth-order valence-electron chi connectivity index (χ4n) is 4.52. The van der Waals surface area contributed by atoms with E-state index in [0.717, 1.165) is 50.5 Å². The van der Waals surface area contributed by atoms with E-state index >= 15 is 0 Å². The fraction of sp³-hybridized carbons (Fsp3) is 0.591. The first kappa shape index (κ1) is 18.8. The quantitative estimate of drug-likeness (QED) is 0.758. The number of Topliss-reactive ketones (excluding diaryl/α,β-unsaturated/α-hetero) is 2. The molecule has 1 aromatic rings. The Bertz CT molecular complexity index is 709. The highest BCUT2D eigenvalue weighted by molar-refractivity contribution is 6.00. The molecule has 2 atom stereocenters. The Balaban J connectivity index is 1.90. The van der Waals surface area contributed by atoms with Crippen molar-refractivity contribution < 1.29 is 14.4 Å². The summed E-state index contributed by atoms with van der Waals surface area (Å²) in [5.41, 5.74) is 2.07. The molecule has 2 aliphatic rings. The summed E-state index contributed by atoms with van der Waals surface area (Å²) in [6, 6.07) is 5.40. The van der Waals surface area contributed by atoms with Gasteiger partial charge in [-0.25, -0.2) is 0 Å². The van der Waals surface area contributed by atoms with Crippen LogP contribution in [0.4, 0.5) is 0 Å². The number of nitrogens with zero attached hydrogens (tertiary/aromatic N) is 1. The zero-order chi connectivity index (χ0) is 18.7. The van der Waals surface area contributed by atoms with Crippen molar-refractivity contribution >= 4 is 17.5 Å². The number of amides is 1. The maximum absolute atomic E-state index is 13.3. The lowest BCUT2D eigenvalue weighted by Crippen LogP contribution is -2.47. The number of rotatable bonds is 3. The summed E-state index contributed by atoms with van der Waals surface area (Å²) in [4.78, 5) is 39.6. The topological polar surface area (TPSA) is 54.5 Å². The van der Waals surface area contributed by atoms with E-state index < -0.39 is 0 Å². The molecule has 0 N–H and O–H groups in total. The van der Waals surface area contributed by atoms with Gasteiger partial charge >= 0.3 is 0 Å². The Kier molecular flexibility index (Phi) is 5.90. The third kappa shape index (κ3) is 3.89. The maximum Gasteiger partial charge on any atom is 0.254 e. The molecule has 26 heavy (non-hydrogen) atoms. The van der Waals surface area contributed by atoms with Gasteiger partial charge in [-0.15, -0.1) is 0 Å². The second-order valence-corrected chi connectivity index (χ2v) is 7.82. The molecular weight excluding hydrogens is 326 g/mol. The van der Waals surface area contributed by atoms with Crippen LogP contribution in [-0.2, 0) is 4.79 Å². The van der Waals surface area contributed by atoms with E-state index in [1.54, 1.807) is 6.07 Å². The smallest absolute Gasteiger partial charge is 0.254 e. The molecule has 1 heterocycles. The van der Waals surface area contributed by atoms with Gasteiger partial charge in [0.15, 0.2) is 5.78 Å². The maximum atomic E-state index is 13.3. The van der Waals surface area contributed by atoms with E-state index in [4.69, 9.17) is 0 Å². The van der Waals surface area contributed by atoms with E-state index in [9.17, 15) is 14.4 Å². The molecule has 3 rings (SSSR count). The monoisotopic (exact) mass is 355 g/mol. The lowest BCUT2D eigenvalue weighted by atomic mass is 9.80. The summed E-state index contributed by atoms with van der Waals surface area (Å²) in [7, 11) is 0. The summed E-state index contributed by atoms with van der Waals surface area (Å²) in [6.07, 6.45) is 7.69. The predicted molar refractivity (Wildman–Crippen MR) is 101 cm³/mol. The van der Waals surface area contributed by atoms with Crippen LogP contribution in [0, 0.1) is 12.8 Å². The molecule has 2 fully saturated rings. The number of aryl methyl sites for hydroxylation is 1. The molecule has 140 valence electrons. The van der Waals surface area contributed by atoms with Crippen LogP contribution < -0.4 is 0 Å². The van der Waals surface area contributed by atoms with Gasteiger partial charge in [0.2, 0.25) is 0 Å². The number of ketones is 2. The molecule has 0 aromatic heterocycles. The van der Waals surface area contributed by atoms with Crippen molar-refractivity contribution in [1.82, 2.24) is 4.90 Å². The Hall–Kier alpha value is -1.97. The van der Waals surface area contributed by atoms with Crippen LogP contribution in [-0.4, -0.2) is 35.0 Å². The molecule has 0 radical (unpaired) electrons. The average Bonchev–Trinajstić information content (AvgIpc) is 2.87. The second kappa shape index (κ2) is 8.15. The van der Waals surface area contributed by atoms with Gasteiger partial charge in [0.25, 0.3) is 5.91 Å². The zero-order valence-electron chi connectivity index (χ0n) is 15.9. The first-order chi connectivity index (χ1) is 12.5. The van der Waals surface area contributed by atoms with Crippen molar-refractivity contribution in [3.05, 3.63) is 34.9 Å². The molecule has 1 saturated carbocycles. The van der Waals surface area contributed by atoms with Crippen molar-refractivity contribution in [2.45, 2.75) is 71.3 Å². The molecule has 1 aliphatic carbocycles. The van der Waals surface area contributed by atoms with Crippen molar-refractivity contribution in [2.24, 2.45) is 5.92 Å². The lowest BCUT2D eigenvalue weighted by Gasteiger charge is -2.37. The summed E-state index contributed by atoms with van der Waals surface area (Å²) >= 11 is 0. The number of hydrogen-bond acceptors (Lipinski definition) is 3. The molecule has 0 bridgehead atoms. The Morgan fingerprint density at radius 1 is 1.04 bits per heavy atom. The van der Waals surface area contributed by atoms with Gasteiger partial charge < -0.3 is 4.90 Å². The van der Waals surface area contributed by atoms with Crippen LogP contribution in [0.25, 0.3) is 0 Å². The third-order valence-corrected chi connectivity index (χ3v) is 5.99. The fourth-order valence-corrected chi connectivity index (χ4v) is 4.52. The standard InChI is InChI=1S/C22H29NO3/c1-15-11-12-17(14-19(15)16(2)24)22(26)23-13-7-3-4-9-20(23)18-8-5-6-10-21(18)25/h11-12,14,18,20H,3-10,13H2,1-2H3. The molecule has 0 spiro atoms. The zero-order valence-corrected chi connectivity index (χ0v) is 15.9. The number of carbonyl (C=O) groups excluding carboxylic acids is 3. The number of hydrogen-bond donors (Lipinski definition) is 0. The Labute approximate surface area is 156 Å². The molecule has 1 aliphatic heterocycles. The van der Waals surface area contributed by atoms with Crippen molar-refractivity contribution in [1.29, 1.82) is 0 Å². The van der Waals surface area contributed by atoms with Crippen LogP contribution in [0.3, 0.4) is 0 Å². The van der Waals surface area contributed by atoms with E-state index in [1.807, 2.05) is 24.0 Å². The van der Waals surface area contributed by atoms with Crippen molar-refractivity contribution in [3.63, 3.8) is 0 Å². The predicted octanol–water partition coefficient (Wildman–Crippen LogP) is 4.34. The molecule has 4 heteroatoms. The minimum absolute atomic E-state index is 0.0106. The van der Waals surface area contributed by atoms with Crippen LogP contribution >= 0.6 is 0 Å². The highest BCUT2D eigenvalue weighted by atomic mass is 16.2. The van der Waals surface area contributed by atoms with E-state index in [1.165, 1.54) is 6.92 Å². The Morgan fingerprint density at radius 2 is 1.81 bits per heavy atom. The van der Waals surface area contributed by atoms with Gasteiger partial charge in [-0.3, -0.25) is 14.4 Å². The lowest BCUT2D eigenvalue weighted by molar-refractivity contribution is -0.126. The molecule has 2 unspecified atom stereocenters.